The van der Waals surface area contributed by atoms with Crippen LogP contribution >= 0.6 is 11.6 Å². The molecule has 2 aliphatic heterocycles. The summed E-state index contributed by atoms with van der Waals surface area (Å²) >= 11 is 6.33. The number of aliphatic carboxylic acids is 1. The highest BCUT2D eigenvalue weighted by molar-refractivity contribution is 6.35. The molecule has 8 nitrogen and oxygen atoms in total. The van der Waals surface area contributed by atoms with Crippen LogP contribution in [0.2, 0.25) is 5.02 Å². The molecule has 278 valence electrons. The summed E-state index contributed by atoms with van der Waals surface area (Å²) in [7, 11) is 1.64. The molecule has 1 aromatic heterocycles. The summed E-state index contributed by atoms with van der Waals surface area (Å²) in [6.07, 6.45) is 8.08. The summed E-state index contributed by atoms with van der Waals surface area (Å²) in [5.74, 6) is -1.63. The van der Waals surface area contributed by atoms with Gasteiger partial charge in [-0.2, -0.15) is 0 Å². The zero-order valence-electron chi connectivity index (χ0n) is 30.1. The highest BCUT2D eigenvalue weighted by atomic mass is 35.5. The number of fused-ring (bicyclic) bond motifs is 3. The van der Waals surface area contributed by atoms with Crippen LogP contribution < -0.4 is 4.74 Å². The van der Waals surface area contributed by atoms with Gasteiger partial charge in [-0.1, -0.05) is 73.0 Å². The van der Waals surface area contributed by atoms with Gasteiger partial charge >= 0.3 is 5.97 Å². The van der Waals surface area contributed by atoms with Crippen LogP contribution in [0.4, 0.5) is 4.39 Å². The van der Waals surface area contributed by atoms with Crippen LogP contribution in [0.5, 0.6) is 5.75 Å². The summed E-state index contributed by atoms with van der Waals surface area (Å²) in [5, 5.41) is 21.8. The van der Waals surface area contributed by atoms with E-state index >= 15 is 0 Å². The van der Waals surface area contributed by atoms with E-state index in [4.69, 9.17) is 16.3 Å². The standard InChI is InChI=1S/C27H34FNO5.C16H12ClNO/c1-17-9-18(12-21(28)10-17)11-19-7-5-3-2-4-6-8-20-14-27(20,26(33)34)15-24(31)23-13-22(30)16-29(23)25(19)32;1-19-12-7-8-13-14(17)10-15(18-16(13)9-12)11-5-3-2-4-6-11/h6,8-10,12,19-20,22-23,30H,2-5,7,11,13-16H2,1H3,(H,33,34);2-10H,1H3/b8-6-;/t19-,20-,22-,23+,27-;/m1./s1. The van der Waals surface area contributed by atoms with Gasteiger partial charge in [-0.15, -0.1) is 0 Å². The third-order valence-corrected chi connectivity index (χ3v) is 11.1. The molecule has 7 rings (SSSR count). The van der Waals surface area contributed by atoms with Gasteiger partial charge in [0.05, 0.1) is 40.9 Å². The summed E-state index contributed by atoms with van der Waals surface area (Å²) < 4.78 is 19.2. The van der Waals surface area contributed by atoms with E-state index in [9.17, 15) is 29.0 Å². The van der Waals surface area contributed by atoms with Crippen LogP contribution in [0.25, 0.3) is 22.2 Å². The molecule has 3 aromatic carbocycles. The van der Waals surface area contributed by atoms with Crippen LogP contribution in [0.15, 0.2) is 84.9 Å². The number of halogens is 2. The maximum absolute atomic E-state index is 14.0. The minimum Gasteiger partial charge on any atom is -0.497 e. The molecule has 3 aliphatic rings. The Labute approximate surface area is 314 Å². The Morgan fingerprint density at radius 1 is 1.06 bits per heavy atom. The van der Waals surface area contributed by atoms with Gasteiger partial charge < -0.3 is 19.8 Å². The number of amides is 1. The number of hydrogen-bond acceptors (Lipinski definition) is 6. The summed E-state index contributed by atoms with van der Waals surface area (Å²) in [4.78, 5) is 45.1. The maximum atomic E-state index is 14.0. The van der Waals surface area contributed by atoms with Gasteiger partial charge in [0, 0.05) is 42.3 Å². The number of aliphatic hydroxyl groups excluding tert-OH is 1. The van der Waals surface area contributed by atoms with Crippen molar-refractivity contribution < 1.29 is 33.7 Å². The number of benzene rings is 3. The number of allylic oxidation sites excluding steroid dienone is 2. The fourth-order valence-corrected chi connectivity index (χ4v) is 8.07. The second-order valence-electron chi connectivity index (χ2n) is 14.7. The number of nitrogens with zero attached hydrogens (tertiary/aromatic N) is 2. The number of ketones is 1. The largest absolute Gasteiger partial charge is 0.497 e. The van der Waals surface area contributed by atoms with Gasteiger partial charge in [0.15, 0.2) is 5.78 Å². The van der Waals surface area contributed by atoms with Crippen molar-refractivity contribution >= 4 is 40.2 Å². The molecule has 1 amide bonds. The Morgan fingerprint density at radius 3 is 2.58 bits per heavy atom. The average Bonchev–Trinajstić information content (AvgIpc) is 3.69. The number of rotatable bonds is 5. The fourth-order valence-electron chi connectivity index (χ4n) is 7.80. The number of methoxy groups -OCH3 is 1. The number of hydrogen-bond donors (Lipinski definition) is 2. The van der Waals surface area contributed by atoms with E-state index in [1.807, 2.05) is 79.7 Å². The number of Topliss-reactive ketones (excluding diaryl/α,β-unsaturated/α-hetero) is 1. The molecule has 1 aliphatic carbocycles. The lowest BCUT2D eigenvalue weighted by atomic mass is 9.90. The van der Waals surface area contributed by atoms with E-state index in [2.05, 4.69) is 4.98 Å². The fraction of sp³-hybridized carbons (Fsp3) is 0.395. The van der Waals surface area contributed by atoms with Crippen molar-refractivity contribution in [2.75, 3.05) is 13.7 Å². The molecule has 4 aromatic rings. The molecule has 2 N–H and O–H groups in total. The minimum atomic E-state index is -1.10. The molecular formula is C43H46ClFN2O6. The lowest BCUT2D eigenvalue weighted by molar-refractivity contribution is -0.147. The van der Waals surface area contributed by atoms with Crippen molar-refractivity contribution in [1.29, 1.82) is 0 Å². The number of aryl methyl sites for hydroxylation is 1. The van der Waals surface area contributed by atoms with Gasteiger partial charge in [0.1, 0.15) is 11.6 Å². The molecule has 0 bridgehead atoms. The number of carbonyl (C=O) groups excluding carboxylic acids is 2. The molecule has 1 saturated carbocycles. The van der Waals surface area contributed by atoms with Crippen LogP contribution in [-0.4, -0.2) is 63.6 Å². The van der Waals surface area contributed by atoms with Gasteiger partial charge in [-0.25, -0.2) is 9.37 Å². The smallest absolute Gasteiger partial charge is 0.310 e. The van der Waals surface area contributed by atoms with Crippen molar-refractivity contribution in [3.63, 3.8) is 0 Å². The Morgan fingerprint density at radius 2 is 1.85 bits per heavy atom. The number of carbonyl (C=O) groups is 3. The average molecular weight is 741 g/mol. The first-order valence-corrected chi connectivity index (χ1v) is 18.7. The quantitative estimate of drug-likeness (QED) is 0.198. The zero-order chi connectivity index (χ0) is 37.7. The molecule has 5 atom stereocenters. The predicted molar refractivity (Wildman–Crippen MR) is 203 cm³/mol. The molecule has 1 saturated heterocycles. The molecule has 0 unspecified atom stereocenters. The highest BCUT2D eigenvalue weighted by Gasteiger charge is 2.61. The minimum absolute atomic E-state index is 0.0668. The third kappa shape index (κ3) is 8.96. The number of aliphatic hydroxyl groups is 1. The van der Waals surface area contributed by atoms with Crippen molar-refractivity contribution in [2.24, 2.45) is 17.3 Å². The van der Waals surface area contributed by atoms with E-state index in [1.165, 1.54) is 17.0 Å². The predicted octanol–water partition coefficient (Wildman–Crippen LogP) is 8.39. The Bertz CT molecular complexity index is 1980. The van der Waals surface area contributed by atoms with Crippen LogP contribution in [0.3, 0.4) is 0 Å². The number of ether oxygens (including phenoxy) is 1. The maximum Gasteiger partial charge on any atom is 0.310 e. The van der Waals surface area contributed by atoms with Crippen molar-refractivity contribution in [3.05, 3.63) is 107 Å². The Hall–Kier alpha value is -4.60. The zero-order valence-corrected chi connectivity index (χ0v) is 30.9. The molecule has 2 fully saturated rings. The Balaban J connectivity index is 0.000000213. The van der Waals surface area contributed by atoms with Crippen molar-refractivity contribution in [1.82, 2.24) is 9.88 Å². The number of aromatic nitrogens is 1. The lowest BCUT2D eigenvalue weighted by Crippen LogP contribution is -2.45. The number of pyridine rings is 1. The van der Waals surface area contributed by atoms with Crippen molar-refractivity contribution in [3.8, 4) is 17.0 Å². The lowest BCUT2D eigenvalue weighted by Gasteiger charge is -2.29. The monoisotopic (exact) mass is 740 g/mol. The second-order valence-corrected chi connectivity index (χ2v) is 15.1. The van der Waals surface area contributed by atoms with E-state index in [0.717, 1.165) is 64.7 Å². The first kappa shape index (κ1) is 38.1. The molecule has 53 heavy (non-hydrogen) atoms. The molecule has 0 spiro atoms. The summed E-state index contributed by atoms with van der Waals surface area (Å²) in [6.45, 7) is 1.88. The van der Waals surface area contributed by atoms with Gasteiger partial charge in [-0.05, 0) is 86.4 Å². The normalized spacial score (nSPS) is 25.3. The first-order valence-electron chi connectivity index (χ1n) is 18.3. The van der Waals surface area contributed by atoms with Gasteiger partial charge in [0.25, 0.3) is 0 Å². The van der Waals surface area contributed by atoms with Crippen LogP contribution in [0.1, 0.15) is 62.5 Å². The SMILES string of the molecule is COc1ccc2c(Cl)cc(-c3ccccc3)nc2c1.Cc1cc(F)cc(C[C@H]2CCCCC/C=C\[C@@H]3C[C@@]3(C(=O)O)CC(=O)[C@@H]3C[C@@H](O)CN3C2=O)c1. The third-order valence-electron chi connectivity index (χ3n) is 10.7. The molecular weight excluding hydrogens is 695 g/mol. The topological polar surface area (TPSA) is 117 Å². The molecule has 3 heterocycles. The van der Waals surface area contributed by atoms with E-state index in [0.29, 0.717) is 24.3 Å². The number of carboxylic acids is 1. The first-order chi connectivity index (χ1) is 25.5. The van der Waals surface area contributed by atoms with Gasteiger partial charge in [0.2, 0.25) is 5.91 Å². The van der Waals surface area contributed by atoms with Gasteiger partial charge in [-0.3, -0.25) is 14.4 Å². The van der Waals surface area contributed by atoms with E-state index < -0.39 is 29.4 Å². The summed E-state index contributed by atoms with van der Waals surface area (Å²) in [6, 6.07) is 21.6. The molecule has 10 heteroatoms. The number of carboxylic acid groups (broad SMARTS) is 1. The van der Waals surface area contributed by atoms with E-state index in [-0.39, 0.29) is 42.8 Å². The Kier molecular flexibility index (Phi) is 11.9. The van der Waals surface area contributed by atoms with Crippen molar-refractivity contribution in [2.45, 2.75) is 76.9 Å². The van der Waals surface area contributed by atoms with Crippen LogP contribution in [0, 0.1) is 30.0 Å². The highest BCUT2D eigenvalue weighted by Crippen LogP contribution is 2.57. The van der Waals surface area contributed by atoms with E-state index in [1.54, 1.807) is 7.11 Å². The van der Waals surface area contributed by atoms with Crippen LogP contribution in [-0.2, 0) is 20.8 Å². The molecule has 0 radical (unpaired) electrons. The second kappa shape index (κ2) is 16.6. The summed E-state index contributed by atoms with van der Waals surface area (Å²) in [5.41, 5.74) is 3.18.